The molecule has 108 valence electrons. The normalized spacial score (nSPS) is 15.0. The first-order valence-electron chi connectivity index (χ1n) is 6.25. The second-order valence-corrected chi connectivity index (χ2v) is 5.65. The van der Waals surface area contributed by atoms with Gasteiger partial charge in [-0.05, 0) is 38.8 Å². The molecule has 5 nitrogen and oxygen atoms in total. The van der Waals surface area contributed by atoms with Crippen molar-refractivity contribution in [2.75, 3.05) is 6.54 Å². The van der Waals surface area contributed by atoms with Crippen LogP contribution in [0, 0.1) is 5.82 Å². The summed E-state index contributed by atoms with van der Waals surface area (Å²) >= 11 is 0. The predicted octanol–water partition coefficient (Wildman–Crippen LogP) is 2.46. The van der Waals surface area contributed by atoms with E-state index in [-0.39, 0.29) is 24.3 Å². The molecule has 0 unspecified atom stereocenters. The van der Waals surface area contributed by atoms with Gasteiger partial charge in [-0.3, -0.25) is 4.79 Å². The Morgan fingerprint density at radius 2 is 2.05 bits per heavy atom. The number of carbonyl (C=O) groups is 2. The monoisotopic (exact) mass is 281 g/mol. The maximum Gasteiger partial charge on any atom is 0.417 e. The zero-order valence-electron chi connectivity index (χ0n) is 11.6. The fourth-order valence-electron chi connectivity index (χ4n) is 2.04. The van der Waals surface area contributed by atoms with Crippen molar-refractivity contribution >= 4 is 12.0 Å². The number of imide groups is 1. The van der Waals surface area contributed by atoms with Gasteiger partial charge in [0.2, 0.25) is 0 Å². The fraction of sp³-hybridized carbons (Fsp3) is 0.429. The lowest BCUT2D eigenvalue weighted by Gasteiger charge is -2.29. The first kappa shape index (κ1) is 14.3. The molecule has 0 aliphatic carbocycles. The first-order chi connectivity index (χ1) is 9.19. The molecule has 1 aliphatic heterocycles. The molecule has 6 heteroatoms. The van der Waals surface area contributed by atoms with Gasteiger partial charge < -0.3 is 9.84 Å². The largest absolute Gasteiger partial charge is 0.508 e. The first-order valence-corrected chi connectivity index (χ1v) is 6.25. The van der Waals surface area contributed by atoms with E-state index in [0.717, 1.165) is 11.0 Å². The van der Waals surface area contributed by atoms with Gasteiger partial charge in [-0.1, -0.05) is 0 Å². The average molecular weight is 281 g/mol. The molecular formula is C14H16FNO4. The summed E-state index contributed by atoms with van der Waals surface area (Å²) in [5.41, 5.74) is -0.516. The summed E-state index contributed by atoms with van der Waals surface area (Å²) in [6, 6.07) is 2.19. The van der Waals surface area contributed by atoms with Gasteiger partial charge in [0.05, 0.1) is 5.56 Å². The second kappa shape index (κ2) is 4.77. The Balaban J connectivity index is 2.30. The minimum absolute atomic E-state index is 0.101. The topological polar surface area (TPSA) is 66.8 Å². The Bertz CT molecular complexity index is 577. The number of aromatic hydroxyl groups is 1. The van der Waals surface area contributed by atoms with Crippen LogP contribution in [0.25, 0.3) is 0 Å². The molecule has 1 aromatic carbocycles. The molecular weight excluding hydrogens is 265 g/mol. The highest BCUT2D eigenvalue weighted by atomic mass is 19.1. The summed E-state index contributed by atoms with van der Waals surface area (Å²) < 4.78 is 18.9. The molecule has 2 rings (SSSR count). The molecule has 0 fully saturated rings. The summed E-state index contributed by atoms with van der Waals surface area (Å²) in [5, 5.41) is 9.33. The standard InChI is InChI=1S/C14H16FNO4/c1-14(2,3)20-13(19)16-5-4-8-6-9(17)7-10(15)11(8)12(16)18/h6-7,17H,4-5H2,1-3H3. The van der Waals surface area contributed by atoms with Gasteiger partial charge in [0.25, 0.3) is 5.91 Å². The minimum atomic E-state index is -0.835. The van der Waals surface area contributed by atoms with Gasteiger partial charge >= 0.3 is 6.09 Å². The number of amides is 2. The minimum Gasteiger partial charge on any atom is -0.508 e. The summed E-state index contributed by atoms with van der Waals surface area (Å²) in [5.74, 6) is -1.81. The Labute approximate surface area is 116 Å². The summed E-state index contributed by atoms with van der Waals surface area (Å²) in [4.78, 5) is 25.0. The van der Waals surface area contributed by atoms with Crippen molar-refractivity contribution in [1.82, 2.24) is 4.90 Å². The molecule has 1 heterocycles. The van der Waals surface area contributed by atoms with Crippen LogP contribution in [-0.2, 0) is 11.2 Å². The number of rotatable bonds is 0. The van der Waals surface area contributed by atoms with Crippen LogP contribution in [0.1, 0.15) is 36.7 Å². The quantitative estimate of drug-likeness (QED) is 0.793. The maximum atomic E-state index is 13.8. The lowest BCUT2D eigenvalue weighted by atomic mass is 9.98. The Morgan fingerprint density at radius 1 is 1.40 bits per heavy atom. The van der Waals surface area contributed by atoms with E-state index < -0.39 is 23.4 Å². The van der Waals surface area contributed by atoms with Crippen molar-refractivity contribution in [2.45, 2.75) is 32.8 Å². The SMILES string of the molecule is CC(C)(C)OC(=O)N1CCc2cc(O)cc(F)c2C1=O. The van der Waals surface area contributed by atoms with Crippen LogP contribution in [0.5, 0.6) is 5.75 Å². The lowest BCUT2D eigenvalue weighted by Crippen LogP contribution is -2.45. The van der Waals surface area contributed by atoms with Crippen LogP contribution < -0.4 is 0 Å². The van der Waals surface area contributed by atoms with Crippen LogP contribution in [0.3, 0.4) is 0 Å². The van der Waals surface area contributed by atoms with E-state index in [2.05, 4.69) is 0 Å². The fourth-order valence-corrected chi connectivity index (χ4v) is 2.04. The van der Waals surface area contributed by atoms with Gasteiger partial charge in [-0.2, -0.15) is 0 Å². The third-order valence-corrected chi connectivity index (χ3v) is 2.83. The summed E-state index contributed by atoms with van der Waals surface area (Å²) in [7, 11) is 0. The maximum absolute atomic E-state index is 13.8. The molecule has 1 N–H and O–H groups in total. The average Bonchev–Trinajstić information content (AvgIpc) is 2.25. The zero-order chi connectivity index (χ0) is 15.1. The predicted molar refractivity (Wildman–Crippen MR) is 69.0 cm³/mol. The smallest absolute Gasteiger partial charge is 0.417 e. The molecule has 0 bridgehead atoms. The van der Waals surface area contributed by atoms with Crippen molar-refractivity contribution in [1.29, 1.82) is 0 Å². The molecule has 0 aromatic heterocycles. The highest BCUT2D eigenvalue weighted by Crippen LogP contribution is 2.27. The van der Waals surface area contributed by atoms with Crippen molar-refractivity contribution < 1.29 is 23.8 Å². The van der Waals surface area contributed by atoms with E-state index in [4.69, 9.17) is 4.74 Å². The van der Waals surface area contributed by atoms with Gasteiger partial charge in [-0.15, -0.1) is 0 Å². The van der Waals surface area contributed by atoms with Crippen molar-refractivity contribution in [2.24, 2.45) is 0 Å². The highest BCUT2D eigenvalue weighted by molar-refractivity contribution is 6.05. The van der Waals surface area contributed by atoms with Gasteiger partial charge in [0, 0.05) is 12.6 Å². The number of halogens is 1. The number of hydrogen-bond donors (Lipinski definition) is 1. The van der Waals surface area contributed by atoms with Gasteiger partial charge in [0.1, 0.15) is 17.2 Å². The summed E-state index contributed by atoms with van der Waals surface area (Å²) in [6.07, 6.45) is -0.508. The number of phenols is 1. The number of carbonyl (C=O) groups excluding carboxylic acids is 2. The van der Waals surface area contributed by atoms with Crippen molar-refractivity contribution in [3.63, 3.8) is 0 Å². The van der Waals surface area contributed by atoms with Crippen LogP contribution in [0.15, 0.2) is 12.1 Å². The zero-order valence-corrected chi connectivity index (χ0v) is 11.6. The van der Waals surface area contributed by atoms with Gasteiger partial charge in [0.15, 0.2) is 0 Å². The van der Waals surface area contributed by atoms with E-state index >= 15 is 0 Å². The van der Waals surface area contributed by atoms with Crippen molar-refractivity contribution in [3.8, 4) is 5.75 Å². The Kier molecular flexibility index (Phi) is 3.41. The van der Waals surface area contributed by atoms with Crippen molar-refractivity contribution in [3.05, 3.63) is 29.1 Å². The lowest BCUT2D eigenvalue weighted by molar-refractivity contribution is 0.0232. The third-order valence-electron chi connectivity index (χ3n) is 2.83. The number of ether oxygens (including phenoxy) is 1. The van der Waals surface area contributed by atoms with E-state index in [1.807, 2.05) is 0 Å². The van der Waals surface area contributed by atoms with Crippen LogP contribution in [-0.4, -0.2) is 34.2 Å². The number of fused-ring (bicyclic) bond motifs is 1. The Hall–Kier alpha value is -2.11. The second-order valence-electron chi connectivity index (χ2n) is 5.65. The molecule has 2 amide bonds. The van der Waals surface area contributed by atoms with Crippen LogP contribution in [0.2, 0.25) is 0 Å². The van der Waals surface area contributed by atoms with Crippen LogP contribution in [0.4, 0.5) is 9.18 Å². The van der Waals surface area contributed by atoms with E-state index in [9.17, 15) is 19.1 Å². The van der Waals surface area contributed by atoms with E-state index in [1.165, 1.54) is 6.07 Å². The number of hydrogen-bond acceptors (Lipinski definition) is 4. The molecule has 0 radical (unpaired) electrons. The summed E-state index contributed by atoms with van der Waals surface area (Å²) in [6.45, 7) is 5.16. The number of phenolic OH excluding ortho intramolecular Hbond substituents is 1. The molecule has 0 spiro atoms. The van der Waals surface area contributed by atoms with E-state index in [0.29, 0.717) is 5.56 Å². The number of benzene rings is 1. The van der Waals surface area contributed by atoms with Crippen LogP contribution >= 0.6 is 0 Å². The molecule has 0 saturated carbocycles. The number of nitrogens with zero attached hydrogens (tertiary/aromatic N) is 1. The van der Waals surface area contributed by atoms with E-state index in [1.54, 1.807) is 20.8 Å². The molecule has 1 aliphatic rings. The molecule has 0 atom stereocenters. The molecule has 20 heavy (non-hydrogen) atoms. The molecule has 1 aromatic rings. The van der Waals surface area contributed by atoms with Gasteiger partial charge in [-0.25, -0.2) is 14.1 Å². The highest BCUT2D eigenvalue weighted by Gasteiger charge is 2.34. The Morgan fingerprint density at radius 3 is 2.65 bits per heavy atom. The third kappa shape index (κ3) is 2.74. The molecule has 0 saturated heterocycles.